The highest BCUT2D eigenvalue weighted by Crippen LogP contribution is 2.38. The molecule has 3 unspecified atom stereocenters. The van der Waals surface area contributed by atoms with E-state index in [4.69, 9.17) is 9.05 Å². The van der Waals surface area contributed by atoms with Crippen LogP contribution in [0.2, 0.25) is 0 Å². The smallest absolute Gasteiger partial charge is 0.268 e. The van der Waals surface area contributed by atoms with E-state index in [1.807, 2.05) is 27.2 Å². The Morgan fingerprint density at radius 2 is 0.838 bits per heavy atom. The Bertz CT molecular complexity index is 1520. The Morgan fingerprint density at radius 1 is 0.486 bits per heavy atom. The lowest BCUT2D eigenvalue weighted by atomic mass is 10.0. The van der Waals surface area contributed by atoms with Crippen molar-refractivity contribution in [1.82, 2.24) is 5.32 Å². The predicted molar refractivity (Wildman–Crippen MR) is 320 cm³/mol. The minimum absolute atomic E-state index is 0.0108. The van der Waals surface area contributed by atoms with Gasteiger partial charge in [-0.3, -0.25) is 9.36 Å². The molecule has 0 saturated carbocycles. The molecular weight excluding hydrogens is 936 g/mol. The highest BCUT2D eigenvalue weighted by Gasteiger charge is 2.23. The minimum Gasteiger partial charge on any atom is -0.756 e. The molecule has 8 nitrogen and oxygen atoms in total. The number of nitrogens with zero attached hydrogens (tertiary/aromatic N) is 1. The summed E-state index contributed by atoms with van der Waals surface area (Å²) in [5.74, 6) is -0.212. The van der Waals surface area contributed by atoms with Crippen LogP contribution in [0, 0.1) is 0 Å². The summed E-state index contributed by atoms with van der Waals surface area (Å²) in [5, 5.41) is 13.8. The molecule has 0 aliphatic carbocycles. The van der Waals surface area contributed by atoms with Crippen LogP contribution in [0.4, 0.5) is 0 Å². The van der Waals surface area contributed by atoms with E-state index in [1.54, 1.807) is 6.08 Å². The summed E-state index contributed by atoms with van der Waals surface area (Å²) in [5.41, 5.74) is 0. The molecule has 0 aromatic carbocycles. The van der Waals surface area contributed by atoms with Crippen LogP contribution in [0.5, 0.6) is 0 Å². The molecule has 74 heavy (non-hydrogen) atoms. The van der Waals surface area contributed by atoms with Gasteiger partial charge in [0.2, 0.25) is 5.91 Å². The zero-order valence-electron chi connectivity index (χ0n) is 48.8. The van der Waals surface area contributed by atoms with Crippen molar-refractivity contribution >= 4 is 13.7 Å². The third-order valence-corrected chi connectivity index (χ3v) is 14.2. The van der Waals surface area contributed by atoms with Crippen molar-refractivity contribution in [2.24, 2.45) is 0 Å². The average Bonchev–Trinajstić information content (AvgIpc) is 3.36. The van der Waals surface area contributed by atoms with E-state index in [-0.39, 0.29) is 12.5 Å². The molecule has 0 saturated heterocycles. The van der Waals surface area contributed by atoms with E-state index >= 15 is 0 Å². The molecule has 1 amide bonds. The number of aliphatic hydroxyl groups is 1. The molecule has 0 aromatic heterocycles. The zero-order valence-corrected chi connectivity index (χ0v) is 49.7. The number of unbranched alkanes of at least 4 members (excludes halogenated alkanes) is 28. The summed E-state index contributed by atoms with van der Waals surface area (Å²) in [6, 6.07) is -0.911. The van der Waals surface area contributed by atoms with Crippen LogP contribution in [0.15, 0.2) is 97.2 Å². The number of rotatable bonds is 55. The number of aliphatic hydroxyl groups excluding tert-OH is 1. The first-order valence-corrected chi connectivity index (χ1v) is 32.1. The van der Waals surface area contributed by atoms with Crippen LogP contribution >= 0.6 is 7.82 Å². The maximum absolute atomic E-state index is 12.9. The maximum atomic E-state index is 12.9. The maximum Gasteiger partial charge on any atom is 0.268 e. The fraction of sp³-hybridized carbons (Fsp3) is 0.738. The van der Waals surface area contributed by atoms with E-state index < -0.39 is 26.6 Å². The average molecular weight is 1050 g/mol. The Balaban J connectivity index is 3.94. The number of likely N-dealkylation sites (N-methyl/N-ethyl adjacent to an activating group) is 1. The predicted octanol–water partition coefficient (Wildman–Crippen LogP) is 18.4. The van der Waals surface area contributed by atoms with E-state index in [2.05, 4.69) is 104 Å². The van der Waals surface area contributed by atoms with Gasteiger partial charge in [-0.25, -0.2) is 0 Å². The van der Waals surface area contributed by atoms with E-state index in [1.165, 1.54) is 154 Å². The van der Waals surface area contributed by atoms with Gasteiger partial charge in [0.1, 0.15) is 13.2 Å². The van der Waals surface area contributed by atoms with Gasteiger partial charge in [-0.2, -0.15) is 0 Å². The topological polar surface area (TPSA) is 108 Å². The third kappa shape index (κ3) is 57.1. The van der Waals surface area contributed by atoms with Gasteiger partial charge in [-0.05, 0) is 89.9 Å². The molecule has 0 radical (unpaired) electrons. The van der Waals surface area contributed by atoms with Gasteiger partial charge in [0.25, 0.3) is 7.82 Å². The van der Waals surface area contributed by atoms with Crippen molar-refractivity contribution in [3.8, 4) is 0 Å². The molecule has 9 heteroatoms. The van der Waals surface area contributed by atoms with E-state index in [9.17, 15) is 19.4 Å². The monoisotopic (exact) mass is 1050 g/mol. The first kappa shape index (κ1) is 71.4. The lowest BCUT2D eigenvalue weighted by Crippen LogP contribution is -2.45. The molecule has 0 fully saturated rings. The van der Waals surface area contributed by atoms with Crippen molar-refractivity contribution in [3.05, 3.63) is 97.2 Å². The molecule has 2 N–H and O–H groups in total. The highest BCUT2D eigenvalue weighted by molar-refractivity contribution is 7.45. The normalized spacial score (nSPS) is 14.5. The second-order valence-electron chi connectivity index (χ2n) is 21.7. The highest BCUT2D eigenvalue weighted by atomic mass is 31.2. The Labute approximate surface area is 458 Å². The quantitative estimate of drug-likeness (QED) is 0.0272. The van der Waals surface area contributed by atoms with Crippen LogP contribution in [0.25, 0.3) is 0 Å². The zero-order chi connectivity index (χ0) is 54.2. The molecule has 0 heterocycles. The van der Waals surface area contributed by atoms with Crippen LogP contribution in [0.3, 0.4) is 0 Å². The second kappa shape index (κ2) is 55.2. The van der Waals surface area contributed by atoms with Gasteiger partial charge >= 0.3 is 0 Å². The van der Waals surface area contributed by atoms with Crippen molar-refractivity contribution in [2.45, 2.75) is 270 Å². The molecule has 428 valence electrons. The Kier molecular flexibility index (Phi) is 53.3. The molecule has 0 aliphatic rings. The minimum atomic E-state index is -4.61. The summed E-state index contributed by atoms with van der Waals surface area (Å²) in [7, 11) is 1.23. The summed E-state index contributed by atoms with van der Waals surface area (Å²) in [6.45, 7) is 4.47. The summed E-state index contributed by atoms with van der Waals surface area (Å²) >= 11 is 0. The molecule has 0 spiro atoms. The van der Waals surface area contributed by atoms with Gasteiger partial charge in [0, 0.05) is 6.42 Å². The van der Waals surface area contributed by atoms with Crippen molar-refractivity contribution in [1.29, 1.82) is 0 Å². The summed E-state index contributed by atoms with van der Waals surface area (Å²) in [4.78, 5) is 25.4. The SMILES string of the molecule is CC/C=C\C/C=C\C/C=C\C/C=C\C/C=C\CCCCCCCCCCCCCCCCCCCCCCCCCC(=O)NC(COP(=O)([O-])OCC[N+](C)(C)C)C(O)/C=C/CC/C=C/CC/C=C/CCCCC. The number of hydrogen-bond acceptors (Lipinski definition) is 6. The van der Waals surface area contributed by atoms with Crippen molar-refractivity contribution in [3.63, 3.8) is 0 Å². The molecule has 3 atom stereocenters. The number of phosphoric acid groups is 1. The molecule has 0 rings (SSSR count). The number of quaternary nitrogens is 1. The van der Waals surface area contributed by atoms with Gasteiger partial charge in [-0.1, -0.05) is 259 Å². The van der Waals surface area contributed by atoms with Crippen LogP contribution in [-0.2, 0) is 18.4 Å². The first-order valence-electron chi connectivity index (χ1n) is 30.6. The largest absolute Gasteiger partial charge is 0.756 e. The molecule has 0 aliphatic heterocycles. The molecule has 0 aromatic rings. The van der Waals surface area contributed by atoms with Gasteiger partial charge in [0.15, 0.2) is 0 Å². The first-order chi connectivity index (χ1) is 36.0. The lowest BCUT2D eigenvalue weighted by molar-refractivity contribution is -0.870. The Morgan fingerprint density at radius 3 is 1.26 bits per heavy atom. The Hall–Kier alpha value is -2.58. The third-order valence-electron chi connectivity index (χ3n) is 13.3. The number of allylic oxidation sites excluding steroid dienone is 15. The van der Waals surface area contributed by atoms with Crippen molar-refractivity contribution in [2.75, 3.05) is 40.9 Å². The van der Waals surface area contributed by atoms with Gasteiger partial charge in [-0.15, -0.1) is 0 Å². The summed E-state index contributed by atoms with van der Waals surface area (Å²) in [6.07, 6.45) is 79.5. The van der Waals surface area contributed by atoms with Crippen LogP contribution < -0.4 is 10.2 Å². The fourth-order valence-electron chi connectivity index (χ4n) is 8.51. The number of phosphoric ester groups is 1. The number of hydrogen-bond donors (Lipinski definition) is 2. The number of amides is 1. The van der Waals surface area contributed by atoms with Gasteiger partial charge < -0.3 is 28.8 Å². The van der Waals surface area contributed by atoms with Crippen LogP contribution in [0.1, 0.15) is 258 Å². The second-order valence-corrected chi connectivity index (χ2v) is 23.1. The molecular formula is C65H117N2O6P. The van der Waals surface area contributed by atoms with Crippen molar-refractivity contribution < 1.29 is 32.9 Å². The van der Waals surface area contributed by atoms with E-state index in [0.717, 1.165) is 83.5 Å². The summed E-state index contributed by atoms with van der Waals surface area (Å²) < 4.78 is 23.3. The molecule has 0 bridgehead atoms. The van der Waals surface area contributed by atoms with Crippen LogP contribution in [-0.4, -0.2) is 68.5 Å². The number of nitrogens with one attached hydrogen (secondary N) is 1. The van der Waals surface area contributed by atoms with E-state index in [0.29, 0.717) is 17.4 Å². The number of carbonyl (C=O) groups is 1. The fourth-order valence-corrected chi connectivity index (χ4v) is 9.23. The number of carbonyl (C=O) groups excluding carboxylic acids is 1. The lowest BCUT2D eigenvalue weighted by Gasteiger charge is -2.29. The standard InChI is InChI=1S/C65H117N2O6P/c1-6-8-10-12-14-16-18-20-21-22-23-24-25-26-27-28-29-30-31-32-33-34-35-36-37-38-39-40-41-42-43-44-45-47-49-51-53-55-57-59-65(69)66-63(62-73-74(70,71)72-61-60-67(3,4)5)64(68)58-56-54-52-50-48-46-19-17-15-13-11-9-7-2/h8,10,14-17,20-21,23-24,26-27,48,50,56,58,63-64,68H,6-7,9,11-13,18-19,22,25,28-47,49,51-55,57,59-62H2,1-5H3,(H-,66,69,70,71)/b10-8-,16-14-,17-15+,21-20-,24-23-,27-26-,50-48+,58-56+. The van der Waals surface area contributed by atoms with Gasteiger partial charge in [0.05, 0.1) is 39.9 Å².